The van der Waals surface area contributed by atoms with Crippen molar-refractivity contribution in [3.8, 4) is 11.8 Å². The lowest BCUT2D eigenvalue weighted by Crippen LogP contribution is -2.62. The molecule has 2 aromatic heterocycles. The van der Waals surface area contributed by atoms with Crippen LogP contribution in [-0.2, 0) is 11.8 Å². The first kappa shape index (κ1) is 23.1. The van der Waals surface area contributed by atoms with E-state index in [1.807, 2.05) is 0 Å². The number of carbonyl (C=O) groups is 2. The van der Waals surface area contributed by atoms with E-state index in [1.54, 1.807) is 30.2 Å². The second kappa shape index (κ2) is 8.87. The molecule has 9 nitrogen and oxygen atoms in total. The molecule has 2 aliphatic heterocycles. The number of nitriles is 1. The molecule has 2 unspecified atom stereocenters. The fraction of sp³-hybridized carbons (Fsp3) is 0.261. The second-order valence-electron chi connectivity index (χ2n) is 7.98. The summed E-state index contributed by atoms with van der Waals surface area (Å²) in [5.74, 6) is -1.01. The van der Waals surface area contributed by atoms with Gasteiger partial charge in [-0.1, -0.05) is 11.6 Å². The van der Waals surface area contributed by atoms with Gasteiger partial charge < -0.3 is 9.64 Å². The fourth-order valence-corrected chi connectivity index (χ4v) is 5.97. The number of anilines is 1. The smallest absolute Gasteiger partial charge is 0.332 e. The van der Waals surface area contributed by atoms with Gasteiger partial charge in [0.15, 0.2) is 11.6 Å². The molecule has 2 atom stereocenters. The lowest BCUT2D eigenvalue weighted by atomic mass is 10.0. The predicted octanol–water partition coefficient (Wildman–Crippen LogP) is 3.98. The molecule has 0 aliphatic carbocycles. The fourth-order valence-electron chi connectivity index (χ4n) is 4.30. The number of aryl methyl sites for hydroxylation is 1. The Morgan fingerprint density at radius 2 is 2.11 bits per heavy atom. The Kier molecular flexibility index (Phi) is 5.86. The molecule has 4 heterocycles. The Morgan fingerprint density at radius 1 is 1.31 bits per heavy atom. The van der Waals surface area contributed by atoms with Gasteiger partial charge in [0.05, 0.1) is 48.7 Å². The molecule has 0 N–H and O–H groups in total. The van der Waals surface area contributed by atoms with Crippen LogP contribution in [0.1, 0.15) is 12.0 Å². The number of carbonyl (C=O) groups excluding carboxylic acids is 2. The number of hydrogen-bond donors (Lipinski definition) is 0. The number of halogens is 2. The van der Waals surface area contributed by atoms with E-state index >= 15 is 0 Å². The van der Waals surface area contributed by atoms with Crippen LogP contribution in [0.3, 0.4) is 0 Å². The van der Waals surface area contributed by atoms with Gasteiger partial charge in [0.25, 0.3) is 5.91 Å². The summed E-state index contributed by atoms with van der Waals surface area (Å²) in [6.45, 7) is 0.127. The van der Waals surface area contributed by atoms with E-state index in [0.717, 1.165) is 11.0 Å². The maximum Gasteiger partial charge on any atom is 0.332 e. The number of methoxy groups -OCH3 is 1. The molecule has 35 heavy (non-hydrogen) atoms. The Labute approximate surface area is 208 Å². The number of pyridine rings is 1. The van der Waals surface area contributed by atoms with E-state index in [-0.39, 0.29) is 23.7 Å². The minimum Gasteiger partial charge on any atom is -0.494 e. The van der Waals surface area contributed by atoms with E-state index in [2.05, 4.69) is 16.2 Å². The Balaban J connectivity index is 1.58. The molecular formula is C23H18ClFN6O3S. The van der Waals surface area contributed by atoms with Crippen LogP contribution in [0.5, 0.6) is 5.75 Å². The summed E-state index contributed by atoms with van der Waals surface area (Å²) in [6.07, 6.45) is 6.58. The zero-order valence-corrected chi connectivity index (χ0v) is 20.2. The molecule has 0 spiro atoms. The van der Waals surface area contributed by atoms with E-state index in [9.17, 15) is 19.2 Å². The SMILES string of the molecule is COc1cc(C2=CC3C(S2)C(=O)N(c2cncc4nn(C)cc24)C(=O)N3CCC#N)c(Cl)cc1F. The summed E-state index contributed by atoms with van der Waals surface area (Å²) in [5.41, 5.74) is 1.35. The number of rotatable bonds is 5. The predicted molar refractivity (Wildman–Crippen MR) is 129 cm³/mol. The van der Waals surface area contributed by atoms with Gasteiger partial charge in [0.1, 0.15) is 10.8 Å². The minimum atomic E-state index is -0.694. The summed E-state index contributed by atoms with van der Waals surface area (Å²) in [4.78, 5) is 34.7. The van der Waals surface area contributed by atoms with Crippen molar-refractivity contribution in [2.75, 3.05) is 18.6 Å². The van der Waals surface area contributed by atoms with Gasteiger partial charge in [0, 0.05) is 35.6 Å². The van der Waals surface area contributed by atoms with Crippen molar-refractivity contribution in [1.29, 1.82) is 5.26 Å². The van der Waals surface area contributed by atoms with Crippen LogP contribution >= 0.6 is 23.4 Å². The Hall–Kier alpha value is -3.62. The summed E-state index contributed by atoms with van der Waals surface area (Å²) >= 11 is 7.56. The monoisotopic (exact) mass is 512 g/mol. The quantitative estimate of drug-likeness (QED) is 0.509. The number of benzene rings is 1. The number of imide groups is 1. The van der Waals surface area contributed by atoms with Crippen LogP contribution in [-0.4, -0.2) is 56.5 Å². The molecule has 0 saturated carbocycles. The van der Waals surface area contributed by atoms with Gasteiger partial charge in [-0.25, -0.2) is 14.1 Å². The number of ether oxygens (including phenoxy) is 1. The molecule has 5 rings (SSSR count). The molecule has 12 heteroatoms. The summed E-state index contributed by atoms with van der Waals surface area (Å²) in [5, 5.41) is 13.6. The van der Waals surface area contributed by atoms with Gasteiger partial charge >= 0.3 is 6.03 Å². The number of hydrogen-bond acceptors (Lipinski definition) is 7. The number of nitrogens with zero attached hydrogens (tertiary/aromatic N) is 6. The van der Waals surface area contributed by atoms with Crippen molar-refractivity contribution in [3.63, 3.8) is 0 Å². The highest BCUT2D eigenvalue weighted by Crippen LogP contribution is 2.48. The highest BCUT2D eigenvalue weighted by molar-refractivity contribution is 8.09. The summed E-state index contributed by atoms with van der Waals surface area (Å²) in [7, 11) is 3.09. The summed E-state index contributed by atoms with van der Waals surface area (Å²) < 4.78 is 20.8. The van der Waals surface area contributed by atoms with Crippen molar-refractivity contribution in [2.45, 2.75) is 17.7 Å². The Bertz CT molecular complexity index is 1450. The standard InChI is InChI=1S/C23H18ClFN6O3S/c1-29-11-13-16(28-29)9-27-10-18(13)31-22(32)21-17(30(23(31)33)5-3-4-26)8-20(35-21)12-6-19(34-2)15(25)7-14(12)24/h6-11,17,21H,3,5H2,1-2H3. The summed E-state index contributed by atoms with van der Waals surface area (Å²) in [6, 6.07) is 3.53. The molecular weight excluding hydrogens is 495 g/mol. The number of aromatic nitrogens is 3. The van der Waals surface area contributed by atoms with E-state index in [1.165, 1.54) is 36.0 Å². The van der Waals surface area contributed by atoms with Crippen LogP contribution in [0, 0.1) is 17.1 Å². The van der Waals surface area contributed by atoms with Crippen LogP contribution in [0.4, 0.5) is 14.9 Å². The Morgan fingerprint density at radius 3 is 2.86 bits per heavy atom. The lowest BCUT2D eigenvalue weighted by Gasteiger charge is -2.40. The number of fused-ring (bicyclic) bond motifs is 2. The topological polar surface area (TPSA) is 104 Å². The van der Waals surface area contributed by atoms with Crippen molar-refractivity contribution < 1.29 is 18.7 Å². The van der Waals surface area contributed by atoms with Crippen molar-refractivity contribution in [3.05, 3.63) is 53.2 Å². The first-order valence-electron chi connectivity index (χ1n) is 10.5. The maximum atomic E-state index is 14.1. The largest absolute Gasteiger partial charge is 0.494 e. The zero-order chi connectivity index (χ0) is 24.9. The third-order valence-corrected chi connectivity index (χ3v) is 7.54. The molecule has 2 aliphatic rings. The minimum absolute atomic E-state index is 0.0143. The number of amides is 3. The first-order valence-corrected chi connectivity index (χ1v) is 11.8. The molecule has 1 saturated heterocycles. The lowest BCUT2D eigenvalue weighted by molar-refractivity contribution is -0.119. The van der Waals surface area contributed by atoms with Gasteiger partial charge in [0.2, 0.25) is 0 Å². The molecule has 3 aromatic rings. The van der Waals surface area contributed by atoms with Crippen LogP contribution < -0.4 is 9.64 Å². The highest BCUT2D eigenvalue weighted by atomic mass is 35.5. The molecule has 178 valence electrons. The third-order valence-electron chi connectivity index (χ3n) is 5.89. The van der Waals surface area contributed by atoms with Gasteiger partial charge in [-0.2, -0.15) is 10.4 Å². The van der Waals surface area contributed by atoms with Crippen molar-refractivity contribution in [2.24, 2.45) is 7.05 Å². The molecule has 0 radical (unpaired) electrons. The van der Waals surface area contributed by atoms with E-state index in [0.29, 0.717) is 27.1 Å². The normalized spacial score (nSPS) is 19.7. The number of urea groups is 1. The average Bonchev–Trinajstić information content (AvgIpc) is 3.43. The molecule has 1 fully saturated rings. The van der Waals surface area contributed by atoms with Crippen LogP contribution in [0.25, 0.3) is 15.8 Å². The van der Waals surface area contributed by atoms with E-state index < -0.39 is 29.0 Å². The molecule has 1 aromatic carbocycles. The first-order chi connectivity index (χ1) is 16.8. The maximum absolute atomic E-state index is 14.1. The zero-order valence-electron chi connectivity index (χ0n) is 18.6. The van der Waals surface area contributed by atoms with Crippen molar-refractivity contribution >= 4 is 56.8 Å². The van der Waals surface area contributed by atoms with Gasteiger partial charge in [-0.05, 0) is 18.2 Å². The van der Waals surface area contributed by atoms with E-state index in [4.69, 9.17) is 16.3 Å². The average molecular weight is 513 g/mol. The molecule has 0 bridgehead atoms. The highest BCUT2D eigenvalue weighted by Gasteiger charge is 2.50. The van der Waals surface area contributed by atoms with Crippen LogP contribution in [0.2, 0.25) is 5.02 Å². The van der Waals surface area contributed by atoms with Crippen LogP contribution in [0.15, 0.2) is 36.8 Å². The third kappa shape index (κ3) is 3.79. The second-order valence-corrected chi connectivity index (χ2v) is 9.57. The van der Waals surface area contributed by atoms with Gasteiger partial charge in [-0.3, -0.25) is 14.5 Å². The van der Waals surface area contributed by atoms with Gasteiger partial charge in [-0.15, -0.1) is 11.8 Å². The number of thioether (sulfide) groups is 1. The van der Waals surface area contributed by atoms with Crippen molar-refractivity contribution in [1.82, 2.24) is 19.7 Å². The molecule has 3 amide bonds.